The van der Waals surface area contributed by atoms with Gasteiger partial charge in [-0.05, 0) is 103 Å². The van der Waals surface area contributed by atoms with E-state index in [-0.39, 0.29) is 37.7 Å². The molecule has 0 saturated carbocycles. The molecule has 5 aromatic rings. The third-order valence-corrected chi connectivity index (χ3v) is 11.6. The molecule has 0 unspecified atom stereocenters. The van der Waals surface area contributed by atoms with E-state index in [4.69, 9.17) is 9.47 Å². The molecule has 1 fully saturated rings. The fraction of sp³-hybridized carbons (Fsp3) is 0.333. The molecule has 6 N–H and O–H groups in total. The van der Waals surface area contributed by atoms with Gasteiger partial charge in [-0.25, -0.2) is 8.78 Å². The predicted molar refractivity (Wildman–Crippen MR) is 253 cm³/mol. The first-order valence-electron chi connectivity index (χ1n) is 22.5. The Kier molecular flexibility index (Phi) is 17.1. The average molecular weight is 988 g/mol. The number of halogens is 5. The number of rotatable bonds is 18. The summed E-state index contributed by atoms with van der Waals surface area (Å²) in [5.74, 6) is -5.09. The van der Waals surface area contributed by atoms with Crippen molar-refractivity contribution in [2.45, 2.75) is 77.5 Å². The summed E-state index contributed by atoms with van der Waals surface area (Å²) >= 11 is 0. The van der Waals surface area contributed by atoms with Crippen LogP contribution < -0.4 is 36.6 Å². The van der Waals surface area contributed by atoms with Gasteiger partial charge < -0.3 is 46.3 Å². The van der Waals surface area contributed by atoms with Crippen LogP contribution in [0.3, 0.4) is 0 Å². The molecule has 0 aliphatic carbocycles. The molecule has 376 valence electrons. The zero-order valence-electron chi connectivity index (χ0n) is 39.5. The first kappa shape index (κ1) is 52.9. The number of anilines is 1. The normalized spacial score (nSPS) is 15.6. The maximum absolute atomic E-state index is 14.6. The number of para-hydroxylation sites is 1. The Morgan fingerprint density at radius 1 is 0.775 bits per heavy atom. The van der Waals surface area contributed by atoms with Gasteiger partial charge in [-0.2, -0.15) is 13.2 Å². The lowest BCUT2D eigenvalue weighted by Gasteiger charge is -2.36. The van der Waals surface area contributed by atoms with E-state index in [1.807, 2.05) is 0 Å². The van der Waals surface area contributed by atoms with Crippen LogP contribution in [0.2, 0.25) is 0 Å². The summed E-state index contributed by atoms with van der Waals surface area (Å²) in [4.78, 5) is 80.8. The van der Waals surface area contributed by atoms with Crippen molar-refractivity contribution in [3.63, 3.8) is 0 Å². The molecular formula is C51H54F5N7O8. The maximum Gasteiger partial charge on any atom is 0.416 e. The van der Waals surface area contributed by atoms with Crippen LogP contribution in [-0.4, -0.2) is 91.3 Å². The van der Waals surface area contributed by atoms with Gasteiger partial charge in [0.25, 0.3) is 5.91 Å². The molecule has 6 rings (SSSR count). The molecule has 0 radical (unpaired) electrons. The van der Waals surface area contributed by atoms with Crippen molar-refractivity contribution in [2.75, 3.05) is 32.1 Å². The number of alkyl halides is 3. The van der Waals surface area contributed by atoms with Crippen molar-refractivity contribution >= 4 is 51.9 Å². The smallest absolute Gasteiger partial charge is 0.416 e. The molecule has 6 amide bonds. The van der Waals surface area contributed by atoms with Crippen LogP contribution in [0, 0.1) is 17.0 Å². The minimum absolute atomic E-state index is 0.0911. The number of nitrogens with one attached hydrogen (secondary N) is 6. The third kappa shape index (κ3) is 14.1. The lowest BCUT2D eigenvalue weighted by molar-refractivity contribution is -0.143. The van der Waals surface area contributed by atoms with Crippen LogP contribution in [0.4, 0.5) is 27.6 Å². The number of fused-ring (bicyclic) bond motifs is 1. The Hall–Kier alpha value is -7.45. The number of nitrogens with zero attached hydrogens (tertiary/aromatic N) is 1. The van der Waals surface area contributed by atoms with Crippen LogP contribution in [-0.2, 0) is 48.0 Å². The lowest BCUT2D eigenvalue weighted by atomic mass is 9.85. The molecule has 0 aromatic heterocycles. The van der Waals surface area contributed by atoms with E-state index in [9.17, 15) is 50.7 Å². The second-order valence-corrected chi connectivity index (χ2v) is 18.0. The molecule has 15 nitrogen and oxygen atoms in total. The topological polar surface area (TPSA) is 196 Å². The van der Waals surface area contributed by atoms with Crippen molar-refractivity contribution < 1.29 is 60.2 Å². The van der Waals surface area contributed by atoms with Crippen LogP contribution in [0.25, 0.3) is 10.8 Å². The molecule has 20 heteroatoms. The Morgan fingerprint density at radius 3 is 2.06 bits per heavy atom. The standard InChI is InChI=1S/C51H54F5N7O8/c1-29(57-5)46(66)62-45(50(2,3)4)49(69)63-26-35(23-40(63)48(68)61-44-38(52)12-8-13-39(44)53)60-43(65)28-70-27-42(64)58-24-30-9-6-10-31(21-30)25-59-47(67)33-15-20-37-32(22-33)11-7-14-41(37)71-36-18-16-34(17-19-36)51(54,55)56/h6-22,29,35,40,45,57H,23-28H2,1-5H3,(H,58,64)(H,59,67)(H,60,65)(H,61,68)(H,62,66)/t29-,35-,40-,45+/m0/s1. The van der Waals surface area contributed by atoms with E-state index in [1.54, 1.807) is 95.4 Å². The molecule has 1 saturated heterocycles. The van der Waals surface area contributed by atoms with Crippen molar-refractivity contribution in [2.24, 2.45) is 5.41 Å². The van der Waals surface area contributed by atoms with Gasteiger partial charge in [0.1, 0.15) is 54.1 Å². The number of carbonyl (C=O) groups is 6. The summed E-state index contributed by atoms with van der Waals surface area (Å²) < 4.78 is 79.3. The predicted octanol–water partition coefficient (Wildman–Crippen LogP) is 6.36. The van der Waals surface area contributed by atoms with E-state index in [2.05, 4.69) is 31.9 Å². The van der Waals surface area contributed by atoms with Crippen molar-refractivity contribution in [1.29, 1.82) is 0 Å². The van der Waals surface area contributed by atoms with Crippen LogP contribution in [0.1, 0.15) is 61.2 Å². The summed E-state index contributed by atoms with van der Waals surface area (Å²) in [6.45, 7) is 5.74. The summed E-state index contributed by atoms with van der Waals surface area (Å²) in [5, 5.41) is 17.4. The maximum atomic E-state index is 14.6. The van der Waals surface area contributed by atoms with Crippen LogP contribution in [0.5, 0.6) is 11.5 Å². The number of carbonyl (C=O) groups excluding carboxylic acids is 6. The van der Waals surface area contributed by atoms with E-state index in [1.165, 1.54) is 12.1 Å². The van der Waals surface area contributed by atoms with Crippen molar-refractivity contribution in [3.05, 3.63) is 137 Å². The average Bonchev–Trinajstić information content (AvgIpc) is 3.75. The van der Waals surface area contributed by atoms with E-state index < -0.39 is 101 Å². The quantitative estimate of drug-likeness (QED) is 0.0542. The molecule has 0 bridgehead atoms. The number of likely N-dealkylation sites (N-methyl/N-ethyl adjacent to an activating group) is 1. The number of likely N-dealkylation sites (tertiary alicyclic amines) is 1. The number of hydrogen-bond donors (Lipinski definition) is 6. The minimum atomic E-state index is -4.47. The largest absolute Gasteiger partial charge is 0.457 e. The molecule has 4 atom stereocenters. The molecule has 1 aliphatic heterocycles. The minimum Gasteiger partial charge on any atom is -0.457 e. The zero-order valence-corrected chi connectivity index (χ0v) is 39.5. The summed E-state index contributed by atoms with van der Waals surface area (Å²) in [7, 11) is 1.57. The van der Waals surface area contributed by atoms with Crippen molar-refractivity contribution in [1.82, 2.24) is 31.5 Å². The molecule has 5 aromatic carbocycles. The van der Waals surface area contributed by atoms with Gasteiger partial charge in [0.15, 0.2) is 0 Å². The number of benzene rings is 5. The fourth-order valence-corrected chi connectivity index (χ4v) is 7.68. The van der Waals surface area contributed by atoms with E-state index in [0.29, 0.717) is 27.6 Å². The van der Waals surface area contributed by atoms with Crippen molar-refractivity contribution in [3.8, 4) is 11.5 Å². The Morgan fingerprint density at radius 2 is 1.41 bits per heavy atom. The number of amides is 6. The third-order valence-electron chi connectivity index (χ3n) is 11.6. The SMILES string of the molecule is CN[C@@H](C)C(=O)N[C@H](C(=O)N1C[C@@H](NC(=O)COCC(=O)NCc2cccc(CNC(=O)c3ccc4c(Oc5ccc(C(F)(F)F)cc5)cccc4c3)c2)C[C@H]1C(=O)Nc1c(F)cccc1F)C(C)(C)C. The van der Waals surface area contributed by atoms with Crippen LogP contribution >= 0.6 is 0 Å². The Bertz CT molecular complexity index is 2750. The van der Waals surface area contributed by atoms with E-state index >= 15 is 0 Å². The second kappa shape index (κ2) is 23.0. The lowest BCUT2D eigenvalue weighted by Crippen LogP contribution is -2.59. The second-order valence-electron chi connectivity index (χ2n) is 18.0. The monoisotopic (exact) mass is 987 g/mol. The highest BCUT2D eigenvalue weighted by Crippen LogP contribution is 2.34. The van der Waals surface area contributed by atoms with Gasteiger partial charge in [0, 0.05) is 36.6 Å². The summed E-state index contributed by atoms with van der Waals surface area (Å²) in [6, 6.07) is 20.7. The summed E-state index contributed by atoms with van der Waals surface area (Å²) in [6.07, 6.45) is -4.63. The van der Waals surface area contributed by atoms with Gasteiger partial charge >= 0.3 is 6.18 Å². The molecule has 1 aliphatic rings. The highest BCUT2D eigenvalue weighted by molar-refractivity contribution is 6.01. The van der Waals surface area contributed by atoms with Gasteiger partial charge in [-0.1, -0.05) is 63.2 Å². The number of ether oxygens (including phenoxy) is 2. The Balaban J connectivity index is 0.983. The van der Waals surface area contributed by atoms with Gasteiger partial charge in [-0.3, -0.25) is 28.8 Å². The Labute approximate surface area is 406 Å². The highest BCUT2D eigenvalue weighted by Gasteiger charge is 2.46. The fourth-order valence-electron chi connectivity index (χ4n) is 7.68. The zero-order chi connectivity index (χ0) is 51.6. The van der Waals surface area contributed by atoms with Crippen LogP contribution in [0.15, 0.2) is 103 Å². The first-order valence-corrected chi connectivity index (χ1v) is 22.5. The highest BCUT2D eigenvalue weighted by atomic mass is 19.4. The summed E-state index contributed by atoms with van der Waals surface area (Å²) in [5.41, 5.74) is -0.557. The van der Waals surface area contributed by atoms with Gasteiger partial charge in [0.2, 0.25) is 29.5 Å². The number of hydrogen-bond acceptors (Lipinski definition) is 9. The van der Waals surface area contributed by atoms with Gasteiger partial charge in [-0.15, -0.1) is 0 Å². The van der Waals surface area contributed by atoms with Gasteiger partial charge in [0.05, 0.1) is 11.6 Å². The molecule has 1 heterocycles. The van der Waals surface area contributed by atoms with E-state index in [0.717, 1.165) is 40.8 Å². The molecule has 0 spiro atoms. The molecular weight excluding hydrogens is 934 g/mol. The first-order chi connectivity index (χ1) is 33.6. The molecule has 71 heavy (non-hydrogen) atoms.